The molecule has 25 heavy (non-hydrogen) atoms. The zero-order valence-electron chi connectivity index (χ0n) is 14.2. The van der Waals surface area contributed by atoms with E-state index >= 15 is 0 Å². The van der Waals surface area contributed by atoms with E-state index in [0.29, 0.717) is 13.1 Å². The lowest BCUT2D eigenvalue weighted by Gasteiger charge is -2.24. The van der Waals surface area contributed by atoms with E-state index in [1.807, 2.05) is 47.8 Å². The van der Waals surface area contributed by atoms with Crippen LogP contribution in [0.5, 0.6) is 0 Å². The van der Waals surface area contributed by atoms with E-state index in [4.69, 9.17) is 11.5 Å². The number of nitrogens with zero attached hydrogens (tertiary/aromatic N) is 1. The number of likely N-dealkylation sites (N-methyl/N-ethyl adjacent to an activating group) is 1. The molecule has 1 aromatic heterocycles. The highest BCUT2D eigenvalue weighted by Crippen LogP contribution is 2.08. The van der Waals surface area contributed by atoms with Gasteiger partial charge < -0.3 is 21.7 Å². The van der Waals surface area contributed by atoms with Crippen LogP contribution in [0.2, 0.25) is 0 Å². The van der Waals surface area contributed by atoms with Crippen molar-refractivity contribution in [3.05, 3.63) is 58.3 Å². The summed E-state index contributed by atoms with van der Waals surface area (Å²) in [5, 5.41) is 4.72. The third-order valence-corrected chi connectivity index (χ3v) is 4.80. The van der Waals surface area contributed by atoms with Crippen molar-refractivity contribution >= 4 is 23.2 Å². The Kier molecular flexibility index (Phi) is 7.12. The summed E-state index contributed by atoms with van der Waals surface area (Å²) in [6.45, 7) is 0.883. The number of hydrogen-bond acceptors (Lipinski definition) is 5. The Morgan fingerprint density at radius 2 is 1.84 bits per heavy atom. The fraction of sp³-hybridized carbons (Fsp3) is 0.333. The van der Waals surface area contributed by atoms with Crippen molar-refractivity contribution < 1.29 is 9.59 Å². The number of rotatable bonds is 8. The maximum absolute atomic E-state index is 12.4. The molecule has 7 heteroatoms. The SMILES string of the molecule is CN(Cc1ccccc1)C(=O)C(N)C(N)C(=O)NCCc1cccs1. The molecule has 0 aliphatic carbocycles. The smallest absolute Gasteiger partial charge is 0.241 e. The first-order valence-electron chi connectivity index (χ1n) is 8.09. The van der Waals surface area contributed by atoms with Crippen LogP contribution in [0.3, 0.4) is 0 Å². The first-order valence-corrected chi connectivity index (χ1v) is 8.97. The van der Waals surface area contributed by atoms with Gasteiger partial charge in [0.25, 0.3) is 0 Å². The Hall–Kier alpha value is -2.22. The van der Waals surface area contributed by atoms with Gasteiger partial charge in [-0.05, 0) is 23.4 Å². The number of amides is 2. The number of nitrogens with two attached hydrogens (primary N) is 2. The fourth-order valence-corrected chi connectivity index (χ4v) is 3.10. The molecule has 0 fully saturated rings. The minimum absolute atomic E-state index is 0.357. The standard InChI is InChI=1S/C18H24N4O2S/c1-22(12-13-6-3-2-4-7-13)18(24)16(20)15(19)17(23)21-10-9-14-8-5-11-25-14/h2-8,11,15-16H,9-10,12,19-20H2,1H3,(H,21,23). The molecule has 1 aromatic carbocycles. The molecule has 0 spiro atoms. The quantitative estimate of drug-likeness (QED) is 0.645. The summed E-state index contributed by atoms with van der Waals surface area (Å²) in [7, 11) is 1.65. The molecule has 0 bridgehead atoms. The molecule has 2 aromatic rings. The average molecular weight is 360 g/mol. The summed E-state index contributed by atoms with van der Waals surface area (Å²) in [5.74, 6) is -0.768. The highest BCUT2D eigenvalue weighted by atomic mass is 32.1. The van der Waals surface area contributed by atoms with Gasteiger partial charge in [0.1, 0.15) is 12.1 Å². The molecule has 0 saturated heterocycles. The van der Waals surface area contributed by atoms with Crippen LogP contribution in [0.1, 0.15) is 10.4 Å². The predicted octanol–water partition coefficient (Wildman–Crippen LogP) is 0.720. The molecule has 0 aliphatic heterocycles. The van der Waals surface area contributed by atoms with Gasteiger partial charge in [0.2, 0.25) is 11.8 Å². The Morgan fingerprint density at radius 3 is 2.48 bits per heavy atom. The van der Waals surface area contributed by atoms with Gasteiger partial charge in [-0.1, -0.05) is 36.4 Å². The summed E-state index contributed by atoms with van der Waals surface area (Å²) in [6, 6.07) is 11.4. The number of thiophene rings is 1. The summed E-state index contributed by atoms with van der Waals surface area (Å²) in [6.07, 6.45) is 0.729. The van der Waals surface area contributed by atoms with E-state index in [0.717, 1.165) is 12.0 Å². The Labute approximate surface area is 151 Å². The molecule has 2 rings (SSSR count). The molecule has 0 saturated carbocycles. The fourth-order valence-electron chi connectivity index (χ4n) is 2.39. The lowest BCUT2D eigenvalue weighted by Crippen LogP contribution is -2.58. The second-order valence-electron chi connectivity index (χ2n) is 5.85. The van der Waals surface area contributed by atoms with E-state index in [9.17, 15) is 9.59 Å². The zero-order chi connectivity index (χ0) is 18.2. The van der Waals surface area contributed by atoms with Crippen LogP contribution in [-0.2, 0) is 22.6 Å². The molecule has 134 valence electrons. The van der Waals surface area contributed by atoms with Crippen molar-refractivity contribution in [2.75, 3.05) is 13.6 Å². The monoisotopic (exact) mass is 360 g/mol. The van der Waals surface area contributed by atoms with Gasteiger partial charge in [-0.15, -0.1) is 11.3 Å². The van der Waals surface area contributed by atoms with E-state index < -0.39 is 18.0 Å². The van der Waals surface area contributed by atoms with Gasteiger partial charge in [0.05, 0.1) is 0 Å². The number of carbonyl (C=O) groups excluding carboxylic acids is 2. The van der Waals surface area contributed by atoms with E-state index in [2.05, 4.69) is 5.32 Å². The van der Waals surface area contributed by atoms with Crippen molar-refractivity contribution in [1.29, 1.82) is 0 Å². The van der Waals surface area contributed by atoms with Gasteiger partial charge in [-0.2, -0.15) is 0 Å². The minimum Gasteiger partial charge on any atom is -0.354 e. The van der Waals surface area contributed by atoms with Gasteiger partial charge in [0.15, 0.2) is 0 Å². The van der Waals surface area contributed by atoms with Gasteiger partial charge in [-0.3, -0.25) is 9.59 Å². The Balaban J connectivity index is 1.81. The Bertz CT molecular complexity index is 676. The molecule has 2 unspecified atom stereocenters. The number of nitrogens with one attached hydrogen (secondary N) is 1. The highest BCUT2D eigenvalue weighted by Gasteiger charge is 2.29. The van der Waals surface area contributed by atoms with Crippen molar-refractivity contribution in [2.24, 2.45) is 11.5 Å². The van der Waals surface area contributed by atoms with Crippen LogP contribution in [0, 0.1) is 0 Å². The summed E-state index contributed by atoms with van der Waals surface area (Å²) < 4.78 is 0. The Morgan fingerprint density at radius 1 is 1.12 bits per heavy atom. The van der Waals surface area contributed by atoms with Crippen LogP contribution in [0.4, 0.5) is 0 Å². The molecule has 1 heterocycles. The largest absolute Gasteiger partial charge is 0.354 e. The molecule has 0 radical (unpaired) electrons. The topological polar surface area (TPSA) is 101 Å². The molecule has 2 amide bonds. The molecule has 2 atom stereocenters. The summed E-state index contributed by atoms with van der Waals surface area (Å²) in [5.41, 5.74) is 12.8. The molecule has 5 N–H and O–H groups in total. The third-order valence-electron chi connectivity index (χ3n) is 3.86. The lowest BCUT2D eigenvalue weighted by molar-refractivity contribution is -0.135. The maximum atomic E-state index is 12.4. The van der Waals surface area contributed by atoms with Crippen LogP contribution >= 0.6 is 11.3 Å². The summed E-state index contributed by atoms with van der Waals surface area (Å²) in [4.78, 5) is 27.2. The minimum atomic E-state index is -1.07. The van der Waals surface area contributed by atoms with E-state index in [1.165, 1.54) is 9.78 Å². The molecule has 6 nitrogen and oxygen atoms in total. The van der Waals surface area contributed by atoms with Gasteiger partial charge >= 0.3 is 0 Å². The van der Waals surface area contributed by atoms with Crippen molar-refractivity contribution in [3.8, 4) is 0 Å². The highest BCUT2D eigenvalue weighted by molar-refractivity contribution is 7.09. The van der Waals surface area contributed by atoms with E-state index in [-0.39, 0.29) is 5.91 Å². The number of carbonyl (C=O) groups is 2. The first-order chi connectivity index (χ1) is 12.0. The molecular formula is C18H24N4O2S. The molecule has 0 aliphatic rings. The number of hydrogen-bond donors (Lipinski definition) is 3. The van der Waals surface area contributed by atoms with Crippen molar-refractivity contribution in [1.82, 2.24) is 10.2 Å². The molecular weight excluding hydrogens is 336 g/mol. The first kappa shape index (κ1) is 19.1. The number of benzene rings is 1. The normalized spacial score (nSPS) is 13.1. The van der Waals surface area contributed by atoms with Gasteiger partial charge in [0, 0.05) is 25.0 Å². The van der Waals surface area contributed by atoms with Crippen LogP contribution in [-0.4, -0.2) is 42.4 Å². The van der Waals surface area contributed by atoms with Crippen molar-refractivity contribution in [2.45, 2.75) is 25.0 Å². The van der Waals surface area contributed by atoms with Crippen LogP contribution in [0.15, 0.2) is 47.8 Å². The van der Waals surface area contributed by atoms with Crippen LogP contribution in [0.25, 0.3) is 0 Å². The zero-order valence-corrected chi connectivity index (χ0v) is 15.0. The predicted molar refractivity (Wildman–Crippen MR) is 99.9 cm³/mol. The third kappa shape index (κ3) is 5.67. The lowest BCUT2D eigenvalue weighted by atomic mass is 10.1. The maximum Gasteiger partial charge on any atom is 0.241 e. The second-order valence-corrected chi connectivity index (χ2v) is 6.88. The average Bonchev–Trinajstić information content (AvgIpc) is 3.14. The van der Waals surface area contributed by atoms with Gasteiger partial charge in [-0.25, -0.2) is 0 Å². The van der Waals surface area contributed by atoms with Crippen LogP contribution < -0.4 is 16.8 Å². The van der Waals surface area contributed by atoms with Crippen molar-refractivity contribution in [3.63, 3.8) is 0 Å². The second kappa shape index (κ2) is 9.31. The van der Waals surface area contributed by atoms with E-state index in [1.54, 1.807) is 18.4 Å². The summed E-state index contributed by atoms with van der Waals surface area (Å²) >= 11 is 1.63.